The highest BCUT2D eigenvalue weighted by Gasteiger charge is 2.16. The first-order valence-corrected chi connectivity index (χ1v) is 7.56. The van der Waals surface area contributed by atoms with Gasteiger partial charge in [-0.25, -0.2) is 18.0 Å². The highest BCUT2D eigenvalue weighted by Crippen LogP contribution is 2.19. The molecule has 1 N–H and O–H groups in total. The molecule has 0 aliphatic carbocycles. The van der Waals surface area contributed by atoms with Crippen molar-refractivity contribution in [2.45, 2.75) is 13.8 Å². The Labute approximate surface area is 147 Å². The van der Waals surface area contributed by atoms with Gasteiger partial charge in [0.25, 0.3) is 5.91 Å². The number of esters is 1. The molecule has 0 saturated heterocycles. The van der Waals surface area contributed by atoms with Crippen LogP contribution in [0.5, 0.6) is 5.75 Å². The number of halogens is 3. The van der Waals surface area contributed by atoms with E-state index < -0.39 is 48.2 Å². The molecule has 0 unspecified atom stereocenters. The largest absolute Gasteiger partial charge is 0.482 e. The summed E-state index contributed by atoms with van der Waals surface area (Å²) in [4.78, 5) is 23.2. The first kappa shape index (κ1) is 19.3. The molecule has 26 heavy (non-hydrogen) atoms. The molecule has 138 valence electrons. The summed E-state index contributed by atoms with van der Waals surface area (Å²) in [7, 11) is 0. The van der Waals surface area contributed by atoms with Gasteiger partial charge in [0.2, 0.25) is 0 Å². The quantitative estimate of drug-likeness (QED) is 0.629. The summed E-state index contributed by atoms with van der Waals surface area (Å²) in [6.45, 7) is 2.60. The predicted octanol–water partition coefficient (Wildman–Crippen LogP) is 3.28. The number of hydrogen-bond acceptors (Lipinski definition) is 4. The summed E-state index contributed by atoms with van der Waals surface area (Å²) in [5, 5.41) is 1.98. The fraction of sp³-hybridized carbons (Fsp3) is 0.222. The zero-order valence-electron chi connectivity index (χ0n) is 14.1. The van der Waals surface area contributed by atoms with E-state index in [1.54, 1.807) is 12.1 Å². The van der Waals surface area contributed by atoms with Gasteiger partial charge in [0.05, 0.1) is 5.69 Å². The molecule has 5 nitrogen and oxygen atoms in total. The molecular formula is C18H16F3NO4. The fourth-order valence-electron chi connectivity index (χ4n) is 2.15. The molecule has 0 atom stereocenters. The van der Waals surface area contributed by atoms with Crippen molar-refractivity contribution in [1.29, 1.82) is 0 Å². The number of rotatable bonds is 6. The number of carbonyl (C=O) groups is 2. The number of carbonyl (C=O) groups excluding carboxylic acids is 2. The van der Waals surface area contributed by atoms with Gasteiger partial charge in [0.15, 0.2) is 30.7 Å². The highest BCUT2D eigenvalue weighted by atomic mass is 19.2. The Morgan fingerprint density at radius 2 is 1.62 bits per heavy atom. The molecule has 0 saturated carbocycles. The summed E-state index contributed by atoms with van der Waals surface area (Å²) < 4.78 is 49.3. The van der Waals surface area contributed by atoms with Gasteiger partial charge >= 0.3 is 5.97 Å². The Bertz CT molecular complexity index is 819. The van der Waals surface area contributed by atoms with Crippen LogP contribution in [0.2, 0.25) is 0 Å². The van der Waals surface area contributed by atoms with Crippen molar-refractivity contribution in [2.75, 3.05) is 18.5 Å². The van der Waals surface area contributed by atoms with Gasteiger partial charge in [0, 0.05) is 0 Å². The van der Waals surface area contributed by atoms with E-state index in [1.807, 2.05) is 25.2 Å². The van der Waals surface area contributed by atoms with Crippen molar-refractivity contribution in [2.24, 2.45) is 0 Å². The van der Waals surface area contributed by atoms with Crippen LogP contribution in [0, 0.1) is 31.3 Å². The Morgan fingerprint density at radius 3 is 2.27 bits per heavy atom. The average Bonchev–Trinajstić information content (AvgIpc) is 2.58. The van der Waals surface area contributed by atoms with Crippen LogP contribution in [0.15, 0.2) is 30.3 Å². The molecule has 2 rings (SSSR count). The number of amides is 1. The molecule has 0 aromatic heterocycles. The van der Waals surface area contributed by atoms with E-state index in [-0.39, 0.29) is 0 Å². The van der Waals surface area contributed by atoms with Gasteiger partial charge in [-0.1, -0.05) is 6.07 Å². The maximum absolute atomic E-state index is 13.4. The third-order valence-corrected chi connectivity index (χ3v) is 3.23. The van der Waals surface area contributed by atoms with Crippen molar-refractivity contribution in [3.8, 4) is 5.75 Å². The monoisotopic (exact) mass is 367 g/mol. The lowest BCUT2D eigenvalue weighted by Crippen LogP contribution is -2.24. The predicted molar refractivity (Wildman–Crippen MR) is 87.3 cm³/mol. The Balaban J connectivity index is 1.81. The maximum Gasteiger partial charge on any atom is 0.344 e. The number of hydrogen-bond donors (Lipinski definition) is 1. The van der Waals surface area contributed by atoms with Crippen molar-refractivity contribution >= 4 is 17.6 Å². The minimum atomic E-state index is -1.71. The lowest BCUT2D eigenvalue weighted by molar-refractivity contribution is -0.149. The second-order valence-corrected chi connectivity index (χ2v) is 5.54. The topological polar surface area (TPSA) is 64.6 Å². The molecule has 1 amide bonds. The van der Waals surface area contributed by atoms with Crippen molar-refractivity contribution < 1.29 is 32.2 Å². The lowest BCUT2D eigenvalue weighted by atomic mass is 10.1. The molecule has 0 heterocycles. The van der Waals surface area contributed by atoms with Crippen LogP contribution in [0.3, 0.4) is 0 Å². The smallest absolute Gasteiger partial charge is 0.344 e. The van der Waals surface area contributed by atoms with Crippen LogP contribution >= 0.6 is 0 Å². The lowest BCUT2D eigenvalue weighted by Gasteiger charge is -2.09. The van der Waals surface area contributed by atoms with Crippen LogP contribution in [-0.4, -0.2) is 25.1 Å². The number of nitrogens with one attached hydrogen (secondary N) is 1. The minimum Gasteiger partial charge on any atom is -0.482 e. The van der Waals surface area contributed by atoms with Crippen molar-refractivity contribution in [3.05, 3.63) is 58.9 Å². The summed E-state index contributed by atoms with van der Waals surface area (Å²) in [5.41, 5.74) is 1.36. The first-order chi connectivity index (χ1) is 12.3. The van der Waals surface area contributed by atoms with Gasteiger partial charge in [-0.2, -0.15) is 0 Å². The highest BCUT2D eigenvalue weighted by molar-refractivity contribution is 5.93. The van der Waals surface area contributed by atoms with Crippen molar-refractivity contribution in [1.82, 2.24) is 0 Å². The molecular weight excluding hydrogens is 351 g/mol. The molecule has 2 aromatic rings. The zero-order valence-corrected chi connectivity index (χ0v) is 14.1. The average molecular weight is 367 g/mol. The second-order valence-electron chi connectivity index (χ2n) is 5.54. The van der Waals surface area contributed by atoms with Gasteiger partial charge in [0.1, 0.15) is 5.75 Å². The van der Waals surface area contributed by atoms with Crippen LogP contribution in [0.1, 0.15) is 11.1 Å². The molecule has 2 aromatic carbocycles. The van der Waals surface area contributed by atoms with Crippen LogP contribution in [0.25, 0.3) is 0 Å². The number of anilines is 1. The van der Waals surface area contributed by atoms with E-state index >= 15 is 0 Å². The van der Waals surface area contributed by atoms with Crippen LogP contribution in [0.4, 0.5) is 18.9 Å². The standard InChI is InChI=1S/C18H16F3NO4/c1-10-5-11(2)7-12(6-10)25-9-16(24)26-8-15(23)22-14-4-3-13(19)17(20)18(14)21/h3-7H,8-9H2,1-2H3,(H,22,23). The van der Waals surface area contributed by atoms with Crippen molar-refractivity contribution in [3.63, 3.8) is 0 Å². The van der Waals surface area contributed by atoms with Gasteiger partial charge < -0.3 is 14.8 Å². The molecule has 0 radical (unpaired) electrons. The molecule has 0 bridgehead atoms. The Morgan fingerprint density at radius 1 is 0.962 bits per heavy atom. The molecule has 0 fully saturated rings. The fourth-order valence-corrected chi connectivity index (χ4v) is 2.15. The molecule has 8 heteroatoms. The van der Waals surface area contributed by atoms with Gasteiger partial charge in [-0.05, 0) is 49.2 Å². The van der Waals surface area contributed by atoms with E-state index in [2.05, 4.69) is 4.74 Å². The Hall–Kier alpha value is -3.03. The third kappa shape index (κ3) is 5.23. The zero-order chi connectivity index (χ0) is 19.3. The number of ether oxygens (including phenoxy) is 2. The van der Waals surface area contributed by atoms with E-state index in [1.165, 1.54) is 0 Å². The second kappa shape index (κ2) is 8.37. The van der Waals surface area contributed by atoms with Gasteiger partial charge in [-0.3, -0.25) is 4.79 Å². The molecule has 0 spiro atoms. The number of aryl methyl sites for hydroxylation is 2. The van der Waals surface area contributed by atoms with Gasteiger partial charge in [-0.15, -0.1) is 0 Å². The summed E-state index contributed by atoms with van der Waals surface area (Å²) in [6.07, 6.45) is 0. The third-order valence-electron chi connectivity index (χ3n) is 3.23. The van der Waals surface area contributed by atoms with Crippen LogP contribution in [-0.2, 0) is 14.3 Å². The van der Waals surface area contributed by atoms with E-state index in [4.69, 9.17) is 4.74 Å². The minimum absolute atomic E-state index is 0.421. The first-order valence-electron chi connectivity index (χ1n) is 7.56. The SMILES string of the molecule is Cc1cc(C)cc(OCC(=O)OCC(=O)Nc2ccc(F)c(F)c2F)c1. The maximum atomic E-state index is 13.4. The Kier molecular flexibility index (Phi) is 6.21. The summed E-state index contributed by atoms with van der Waals surface area (Å²) >= 11 is 0. The summed E-state index contributed by atoms with van der Waals surface area (Å²) in [6, 6.07) is 6.93. The number of benzene rings is 2. The van der Waals surface area contributed by atoms with E-state index in [9.17, 15) is 22.8 Å². The normalized spacial score (nSPS) is 10.3. The van der Waals surface area contributed by atoms with E-state index in [0.717, 1.165) is 17.2 Å². The van der Waals surface area contributed by atoms with E-state index in [0.29, 0.717) is 11.8 Å². The molecule has 0 aliphatic heterocycles. The summed E-state index contributed by atoms with van der Waals surface area (Å²) in [5.74, 6) is -5.87. The van der Waals surface area contributed by atoms with Crippen LogP contribution < -0.4 is 10.1 Å². The molecule has 0 aliphatic rings.